The van der Waals surface area contributed by atoms with E-state index in [0.717, 1.165) is 31.1 Å². The predicted octanol–water partition coefficient (Wildman–Crippen LogP) is 3.04. The highest BCUT2D eigenvalue weighted by atomic mass is 16.5. The quantitative estimate of drug-likeness (QED) is 0.750. The summed E-state index contributed by atoms with van der Waals surface area (Å²) in [5, 5.41) is 2.90. The van der Waals surface area contributed by atoms with Gasteiger partial charge in [0.25, 0.3) is 5.91 Å². The van der Waals surface area contributed by atoms with Crippen molar-refractivity contribution in [2.24, 2.45) is 5.92 Å². The van der Waals surface area contributed by atoms with Crippen molar-refractivity contribution in [2.75, 3.05) is 24.6 Å². The van der Waals surface area contributed by atoms with Crippen molar-refractivity contribution < 1.29 is 9.53 Å². The number of anilines is 1. The minimum absolute atomic E-state index is 0.141. The van der Waals surface area contributed by atoms with Gasteiger partial charge in [0.1, 0.15) is 5.82 Å². The Morgan fingerprint density at radius 2 is 1.96 bits per heavy atom. The lowest BCUT2D eigenvalue weighted by Gasteiger charge is -2.19. The molecule has 1 saturated carbocycles. The molecule has 0 bridgehead atoms. The van der Waals surface area contributed by atoms with Gasteiger partial charge in [-0.2, -0.15) is 0 Å². The Hall–Kier alpha value is -2.63. The summed E-state index contributed by atoms with van der Waals surface area (Å²) >= 11 is 0. The fourth-order valence-corrected chi connectivity index (χ4v) is 2.63. The third-order valence-corrected chi connectivity index (χ3v) is 4.51. The van der Waals surface area contributed by atoms with E-state index < -0.39 is 0 Å². The normalized spacial score (nSPS) is 13.3. The average Bonchev–Trinajstić information content (AvgIpc) is 3.51. The molecule has 1 aliphatic rings. The van der Waals surface area contributed by atoms with E-state index in [-0.39, 0.29) is 5.91 Å². The van der Waals surface area contributed by atoms with Crippen molar-refractivity contribution in [1.82, 2.24) is 15.3 Å². The summed E-state index contributed by atoms with van der Waals surface area (Å²) < 4.78 is 5.62. The molecule has 0 saturated heterocycles. The molecule has 1 fully saturated rings. The minimum atomic E-state index is -0.141. The largest absolute Gasteiger partial charge is 0.477 e. The van der Waals surface area contributed by atoms with Crippen molar-refractivity contribution >= 4 is 11.7 Å². The Balaban J connectivity index is 1.49. The van der Waals surface area contributed by atoms with Crippen molar-refractivity contribution in [3.05, 3.63) is 47.8 Å². The topological polar surface area (TPSA) is 67.4 Å². The lowest BCUT2D eigenvalue weighted by Crippen LogP contribution is -2.25. The van der Waals surface area contributed by atoms with Crippen LogP contribution in [-0.2, 0) is 6.54 Å². The molecule has 0 spiro atoms. The molecule has 1 N–H and O–H groups in total. The molecule has 2 aromatic heterocycles. The lowest BCUT2D eigenvalue weighted by atomic mass is 10.2. The van der Waals surface area contributed by atoms with E-state index in [1.165, 1.54) is 12.8 Å². The summed E-state index contributed by atoms with van der Waals surface area (Å²) in [5.74, 6) is 2.09. The SMILES string of the molecule is CCN(CC)c1ccc(C(=O)NCc2ccc(OCC3CC3)nc2)cn1. The first-order chi connectivity index (χ1) is 12.7. The van der Waals surface area contributed by atoms with Gasteiger partial charge in [-0.3, -0.25) is 4.79 Å². The summed E-state index contributed by atoms with van der Waals surface area (Å²) in [4.78, 5) is 23.1. The van der Waals surface area contributed by atoms with E-state index in [9.17, 15) is 4.79 Å². The number of carbonyl (C=O) groups excluding carboxylic acids is 1. The molecule has 3 rings (SSSR count). The molecule has 2 aromatic rings. The van der Waals surface area contributed by atoms with Gasteiger partial charge in [-0.15, -0.1) is 0 Å². The van der Waals surface area contributed by atoms with Gasteiger partial charge in [-0.1, -0.05) is 6.07 Å². The van der Waals surface area contributed by atoms with Gasteiger partial charge in [0.2, 0.25) is 5.88 Å². The molecular weight excluding hydrogens is 328 g/mol. The minimum Gasteiger partial charge on any atom is -0.477 e. The summed E-state index contributed by atoms with van der Waals surface area (Å²) in [6, 6.07) is 7.47. The Bertz CT molecular complexity index is 708. The summed E-state index contributed by atoms with van der Waals surface area (Å²) in [7, 11) is 0. The van der Waals surface area contributed by atoms with Gasteiger partial charge < -0.3 is 15.0 Å². The number of pyridine rings is 2. The molecule has 138 valence electrons. The van der Waals surface area contributed by atoms with Crippen LogP contribution in [-0.4, -0.2) is 35.6 Å². The third kappa shape index (κ3) is 4.94. The van der Waals surface area contributed by atoms with Crippen LogP contribution in [0, 0.1) is 5.92 Å². The number of carbonyl (C=O) groups is 1. The van der Waals surface area contributed by atoms with Gasteiger partial charge in [-0.25, -0.2) is 9.97 Å². The van der Waals surface area contributed by atoms with E-state index in [0.29, 0.717) is 23.9 Å². The molecule has 0 unspecified atom stereocenters. The Labute approximate surface area is 154 Å². The third-order valence-electron chi connectivity index (χ3n) is 4.51. The van der Waals surface area contributed by atoms with Crippen molar-refractivity contribution in [3.63, 3.8) is 0 Å². The monoisotopic (exact) mass is 354 g/mol. The Morgan fingerprint density at radius 3 is 2.54 bits per heavy atom. The Morgan fingerprint density at radius 1 is 1.15 bits per heavy atom. The van der Waals surface area contributed by atoms with Crippen LogP contribution >= 0.6 is 0 Å². The zero-order valence-electron chi connectivity index (χ0n) is 15.4. The predicted molar refractivity (Wildman–Crippen MR) is 101 cm³/mol. The Kier molecular flexibility index (Phi) is 6.04. The molecule has 2 heterocycles. The van der Waals surface area contributed by atoms with Gasteiger partial charge in [0, 0.05) is 38.1 Å². The average molecular weight is 354 g/mol. The van der Waals surface area contributed by atoms with Crippen LogP contribution in [0.5, 0.6) is 5.88 Å². The molecule has 0 aromatic carbocycles. The number of amides is 1. The van der Waals surface area contributed by atoms with Crippen LogP contribution in [0.25, 0.3) is 0 Å². The highest BCUT2D eigenvalue weighted by Gasteiger charge is 2.22. The highest BCUT2D eigenvalue weighted by Crippen LogP contribution is 2.29. The lowest BCUT2D eigenvalue weighted by molar-refractivity contribution is 0.0950. The fraction of sp³-hybridized carbons (Fsp3) is 0.450. The van der Waals surface area contributed by atoms with Gasteiger partial charge >= 0.3 is 0 Å². The van der Waals surface area contributed by atoms with Crippen LogP contribution in [0.1, 0.15) is 42.6 Å². The second-order valence-electron chi connectivity index (χ2n) is 6.52. The van der Waals surface area contributed by atoms with Crippen LogP contribution in [0.15, 0.2) is 36.7 Å². The summed E-state index contributed by atoms with van der Waals surface area (Å²) in [6.07, 6.45) is 5.88. The summed E-state index contributed by atoms with van der Waals surface area (Å²) in [5.41, 5.74) is 1.49. The number of nitrogens with one attached hydrogen (secondary N) is 1. The molecule has 0 atom stereocenters. The number of nitrogens with zero attached hydrogens (tertiary/aromatic N) is 3. The van der Waals surface area contributed by atoms with E-state index >= 15 is 0 Å². The molecule has 0 aliphatic heterocycles. The van der Waals surface area contributed by atoms with E-state index in [2.05, 4.69) is 34.0 Å². The van der Waals surface area contributed by atoms with Crippen LogP contribution in [0.2, 0.25) is 0 Å². The van der Waals surface area contributed by atoms with Gasteiger partial charge in [0.05, 0.1) is 12.2 Å². The number of hydrogen-bond acceptors (Lipinski definition) is 5. The standard InChI is InChI=1S/C20H26N4O2/c1-3-24(4-2)18-9-8-17(13-21-18)20(25)23-12-16-7-10-19(22-11-16)26-14-15-5-6-15/h7-11,13,15H,3-6,12,14H2,1-2H3,(H,23,25). The first kappa shape index (κ1) is 18.2. The van der Waals surface area contributed by atoms with E-state index in [4.69, 9.17) is 4.74 Å². The second kappa shape index (κ2) is 8.65. The number of rotatable bonds is 9. The molecule has 0 radical (unpaired) electrons. The number of ether oxygens (including phenoxy) is 1. The maximum absolute atomic E-state index is 12.3. The molecule has 1 aliphatic carbocycles. The highest BCUT2D eigenvalue weighted by molar-refractivity contribution is 5.94. The fourth-order valence-electron chi connectivity index (χ4n) is 2.63. The number of hydrogen-bond donors (Lipinski definition) is 1. The van der Waals surface area contributed by atoms with Crippen molar-refractivity contribution in [3.8, 4) is 5.88 Å². The van der Waals surface area contributed by atoms with Crippen molar-refractivity contribution in [2.45, 2.75) is 33.2 Å². The maximum Gasteiger partial charge on any atom is 0.253 e. The van der Waals surface area contributed by atoms with E-state index in [1.54, 1.807) is 12.4 Å². The molecule has 6 heteroatoms. The number of aromatic nitrogens is 2. The first-order valence-electron chi connectivity index (χ1n) is 9.26. The molecular formula is C20H26N4O2. The van der Waals surface area contributed by atoms with Gasteiger partial charge in [-0.05, 0) is 50.3 Å². The van der Waals surface area contributed by atoms with Crippen LogP contribution in [0.3, 0.4) is 0 Å². The van der Waals surface area contributed by atoms with Crippen LogP contribution in [0.4, 0.5) is 5.82 Å². The maximum atomic E-state index is 12.3. The van der Waals surface area contributed by atoms with Crippen molar-refractivity contribution in [1.29, 1.82) is 0 Å². The first-order valence-corrected chi connectivity index (χ1v) is 9.26. The molecule has 1 amide bonds. The van der Waals surface area contributed by atoms with Crippen LogP contribution < -0.4 is 15.0 Å². The zero-order chi connectivity index (χ0) is 18.4. The summed E-state index contributed by atoms with van der Waals surface area (Å²) in [6.45, 7) is 7.13. The zero-order valence-corrected chi connectivity index (χ0v) is 15.4. The molecule has 26 heavy (non-hydrogen) atoms. The van der Waals surface area contributed by atoms with E-state index in [1.807, 2.05) is 24.3 Å². The van der Waals surface area contributed by atoms with Gasteiger partial charge in [0.15, 0.2) is 0 Å². The second-order valence-corrected chi connectivity index (χ2v) is 6.52. The molecule has 6 nitrogen and oxygen atoms in total. The smallest absolute Gasteiger partial charge is 0.253 e.